The SMILES string of the molecule is CCCCCCCCCCCCCCCCCCCC/C=C/C(O)C(CO)NC(=O)CCCCCCCCCCCCCCCCCCCCCCC. The second-order valence-corrected chi connectivity index (χ2v) is 16.9. The first-order valence-corrected chi connectivity index (χ1v) is 24.4. The van der Waals surface area contributed by atoms with Crippen LogP contribution in [0.3, 0.4) is 0 Å². The Labute approximate surface area is 333 Å². The monoisotopic (exact) mass is 748 g/mol. The number of amides is 1. The van der Waals surface area contributed by atoms with E-state index in [2.05, 4.69) is 19.2 Å². The molecule has 53 heavy (non-hydrogen) atoms. The number of allylic oxidation sites excluding steroid dienone is 1. The van der Waals surface area contributed by atoms with Crippen LogP contribution >= 0.6 is 0 Å². The molecule has 316 valence electrons. The quantitative estimate of drug-likeness (QED) is 0.0429. The molecule has 0 heterocycles. The van der Waals surface area contributed by atoms with Crippen molar-refractivity contribution in [2.75, 3.05) is 6.61 Å². The molecule has 0 rings (SSSR count). The molecule has 0 saturated heterocycles. The maximum absolute atomic E-state index is 12.4. The van der Waals surface area contributed by atoms with Gasteiger partial charge in [0, 0.05) is 6.42 Å². The van der Waals surface area contributed by atoms with Gasteiger partial charge < -0.3 is 15.5 Å². The lowest BCUT2D eigenvalue weighted by Gasteiger charge is -2.20. The summed E-state index contributed by atoms with van der Waals surface area (Å²) in [7, 11) is 0. The standard InChI is InChI=1S/C49H97NO3/c1-3-5-7-9-11-13-15-17-19-21-23-25-27-29-31-33-35-37-39-41-43-45-49(53)50-47(46-51)48(52)44-42-40-38-36-34-32-30-28-26-24-22-20-18-16-14-12-10-8-6-4-2/h42,44,47-48,51-52H,3-41,43,45-46H2,1-2H3,(H,50,53)/b44-42+. The number of nitrogens with one attached hydrogen (secondary N) is 1. The molecule has 0 aliphatic carbocycles. The van der Waals surface area contributed by atoms with Gasteiger partial charge in [0.15, 0.2) is 0 Å². The summed E-state index contributed by atoms with van der Waals surface area (Å²) in [5.74, 6) is -0.0576. The summed E-state index contributed by atoms with van der Waals surface area (Å²) in [6.45, 7) is 4.34. The fourth-order valence-electron chi connectivity index (χ4n) is 7.77. The zero-order valence-electron chi connectivity index (χ0n) is 36.3. The molecule has 0 radical (unpaired) electrons. The highest BCUT2D eigenvalue weighted by Gasteiger charge is 2.18. The minimum Gasteiger partial charge on any atom is -0.394 e. The number of aliphatic hydroxyl groups excluding tert-OH is 2. The van der Waals surface area contributed by atoms with Gasteiger partial charge in [-0.2, -0.15) is 0 Å². The van der Waals surface area contributed by atoms with E-state index in [0.717, 1.165) is 25.7 Å². The number of aliphatic hydroxyl groups is 2. The number of hydrogen-bond donors (Lipinski definition) is 3. The topological polar surface area (TPSA) is 69.6 Å². The summed E-state index contributed by atoms with van der Waals surface area (Å²) in [5, 5.41) is 23.1. The molecule has 2 atom stereocenters. The van der Waals surface area contributed by atoms with Crippen LogP contribution in [0.1, 0.15) is 277 Å². The van der Waals surface area contributed by atoms with Crippen molar-refractivity contribution in [2.24, 2.45) is 0 Å². The lowest BCUT2D eigenvalue weighted by Crippen LogP contribution is -2.45. The maximum atomic E-state index is 12.4. The van der Waals surface area contributed by atoms with Gasteiger partial charge >= 0.3 is 0 Å². The van der Waals surface area contributed by atoms with Crippen molar-refractivity contribution in [3.8, 4) is 0 Å². The molecule has 0 spiro atoms. The number of unbranched alkanes of at least 4 members (excludes halogenated alkanes) is 38. The van der Waals surface area contributed by atoms with Gasteiger partial charge in [0.2, 0.25) is 5.91 Å². The van der Waals surface area contributed by atoms with E-state index < -0.39 is 12.1 Å². The van der Waals surface area contributed by atoms with Crippen LogP contribution in [-0.2, 0) is 4.79 Å². The molecule has 1 amide bonds. The highest BCUT2D eigenvalue weighted by atomic mass is 16.3. The molecule has 0 aromatic rings. The van der Waals surface area contributed by atoms with Crippen LogP contribution in [0.2, 0.25) is 0 Å². The van der Waals surface area contributed by atoms with Crippen LogP contribution in [0.4, 0.5) is 0 Å². The van der Waals surface area contributed by atoms with Gasteiger partial charge in [-0.1, -0.05) is 264 Å². The van der Waals surface area contributed by atoms with E-state index in [1.54, 1.807) is 6.08 Å². The number of carbonyl (C=O) groups excluding carboxylic acids is 1. The lowest BCUT2D eigenvalue weighted by molar-refractivity contribution is -0.123. The first-order chi connectivity index (χ1) is 26.2. The van der Waals surface area contributed by atoms with E-state index in [1.165, 1.54) is 231 Å². The maximum Gasteiger partial charge on any atom is 0.220 e. The Kier molecular flexibility index (Phi) is 44.8. The Morgan fingerprint density at radius 3 is 0.981 bits per heavy atom. The number of carbonyl (C=O) groups is 1. The minimum absolute atomic E-state index is 0.0576. The normalized spacial score (nSPS) is 12.9. The van der Waals surface area contributed by atoms with Gasteiger partial charge in [-0.15, -0.1) is 0 Å². The van der Waals surface area contributed by atoms with Gasteiger partial charge in [0.05, 0.1) is 18.8 Å². The second kappa shape index (κ2) is 45.5. The van der Waals surface area contributed by atoms with Crippen molar-refractivity contribution in [1.29, 1.82) is 0 Å². The van der Waals surface area contributed by atoms with Gasteiger partial charge in [-0.05, 0) is 19.3 Å². The summed E-state index contributed by atoms with van der Waals surface area (Å²) < 4.78 is 0. The number of hydrogen-bond acceptors (Lipinski definition) is 3. The average Bonchev–Trinajstić information content (AvgIpc) is 3.16. The Hall–Kier alpha value is -0.870. The van der Waals surface area contributed by atoms with Crippen molar-refractivity contribution in [2.45, 2.75) is 289 Å². The first-order valence-electron chi connectivity index (χ1n) is 24.4. The predicted octanol–water partition coefficient (Wildman–Crippen LogP) is 15.4. The third-order valence-corrected chi connectivity index (χ3v) is 11.5. The van der Waals surface area contributed by atoms with E-state index >= 15 is 0 Å². The molecule has 0 saturated carbocycles. The smallest absolute Gasteiger partial charge is 0.220 e. The van der Waals surface area contributed by atoms with E-state index in [9.17, 15) is 15.0 Å². The van der Waals surface area contributed by atoms with Gasteiger partial charge in [0.1, 0.15) is 0 Å². The zero-order chi connectivity index (χ0) is 38.6. The third kappa shape index (κ3) is 42.1. The van der Waals surface area contributed by atoms with E-state index in [1.807, 2.05) is 6.08 Å². The molecule has 0 aromatic carbocycles. The lowest BCUT2D eigenvalue weighted by atomic mass is 10.0. The van der Waals surface area contributed by atoms with Crippen molar-refractivity contribution in [3.05, 3.63) is 12.2 Å². The molecule has 2 unspecified atom stereocenters. The molecular weight excluding hydrogens is 651 g/mol. The summed E-state index contributed by atoms with van der Waals surface area (Å²) in [6.07, 6.45) is 57.7. The largest absolute Gasteiger partial charge is 0.394 e. The average molecular weight is 748 g/mol. The molecule has 3 N–H and O–H groups in total. The summed E-state index contributed by atoms with van der Waals surface area (Å²) in [5.41, 5.74) is 0. The van der Waals surface area contributed by atoms with Crippen LogP contribution < -0.4 is 5.32 Å². The van der Waals surface area contributed by atoms with Crippen molar-refractivity contribution < 1.29 is 15.0 Å². The molecule has 0 aromatic heterocycles. The second-order valence-electron chi connectivity index (χ2n) is 16.9. The van der Waals surface area contributed by atoms with Crippen molar-refractivity contribution in [3.63, 3.8) is 0 Å². The van der Waals surface area contributed by atoms with Gasteiger partial charge in [-0.3, -0.25) is 4.79 Å². The third-order valence-electron chi connectivity index (χ3n) is 11.5. The molecule has 0 aliphatic rings. The van der Waals surface area contributed by atoms with E-state index in [4.69, 9.17) is 0 Å². The Morgan fingerprint density at radius 1 is 0.434 bits per heavy atom. The minimum atomic E-state index is -0.834. The van der Waals surface area contributed by atoms with Crippen LogP contribution in [-0.4, -0.2) is 34.9 Å². The van der Waals surface area contributed by atoms with Crippen LogP contribution in [0, 0.1) is 0 Å². The van der Waals surface area contributed by atoms with Crippen LogP contribution in [0.5, 0.6) is 0 Å². The first kappa shape index (κ1) is 52.1. The molecule has 0 bridgehead atoms. The van der Waals surface area contributed by atoms with E-state index in [-0.39, 0.29) is 12.5 Å². The molecule has 4 heteroatoms. The predicted molar refractivity (Wildman–Crippen MR) is 235 cm³/mol. The molecule has 0 fully saturated rings. The van der Waals surface area contributed by atoms with Gasteiger partial charge in [0.25, 0.3) is 0 Å². The highest BCUT2D eigenvalue weighted by Crippen LogP contribution is 2.17. The Balaban J connectivity index is 3.49. The van der Waals surface area contributed by atoms with Crippen LogP contribution in [0.25, 0.3) is 0 Å². The zero-order valence-corrected chi connectivity index (χ0v) is 36.3. The van der Waals surface area contributed by atoms with Gasteiger partial charge in [-0.25, -0.2) is 0 Å². The van der Waals surface area contributed by atoms with Crippen molar-refractivity contribution >= 4 is 5.91 Å². The fraction of sp³-hybridized carbons (Fsp3) is 0.939. The molecular formula is C49H97NO3. The Morgan fingerprint density at radius 2 is 0.698 bits per heavy atom. The summed E-state index contributed by atoms with van der Waals surface area (Å²) in [4.78, 5) is 12.4. The van der Waals surface area contributed by atoms with E-state index in [0.29, 0.717) is 6.42 Å². The van der Waals surface area contributed by atoms with Crippen LogP contribution in [0.15, 0.2) is 12.2 Å². The highest BCUT2D eigenvalue weighted by molar-refractivity contribution is 5.76. The molecule has 4 nitrogen and oxygen atoms in total. The summed E-state index contributed by atoms with van der Waals surface area (Å²) >= 11 is 0. The van der Waals surface area contributed by atoms with Crippen molar-refractivity contribution in [1.82, 2.24) is 5.32 Å². The summed E-state index contributed by atoms with van der Waals surface area (Å²) in [6, 6.07) is -0.617. The Bertz CT molecular complexity index is 725. The number of rotatable bonds is 45. The molecule has 0 aliphatic heterocycles. The fourth-order valence-corrected chi connectivity index (χ4v) is 7.77.